The van der Waals surface area contributed by atoms with E-state index in [9.17, 15) is 4.79 Å². The van der Waals surface area contributed by atoms with Gasteiger partial charge in [-0.2, -0.15) is 0 Å². The standard InChI is InChI=1S/C16H19NO3S/c1-3-17(11-14-5-4-8-21-14)10-13-9-12(16(18)19)6-7-15(13)20-2/h4-9H,3,10-11H2,1-2H3,(H,18,19). The lowest BCUT2D eigenvalue weighted by atomic mass is 10.1. The predicted octanol–water partition coefficient (Wildman–Crippen LogP) is 3.48. The van der Waals surface area contributed by atoms with Crippen molar-refractivity contribution in [1.82, 2.24) is 4.90 Å². The number of hydrogen-bond donors (Lipinski definition) is 1. The van der Waals surface area contributed by atoms with Gasteiger partial charge in [-0.25, -0.2) is 4.79 Å². The molecule has 1 aromatic carbocycles. The number of nitrogens with zero attached hydrogens (tertiary/aromatic N) is 1. The zero-order valence-corrected chi connectivity index (χ0v) is 13.0. The Hall–Kier alpha value is -1.85. The second kappa shape index (κ2) is 7.24. The fourth-order valence-corrected chi connectivity index (χ4v) is 2.92. The molecule has 1 N–H and O–H groups in total. The largest absolute Gasteiger partial charge is 0.496 e. The molecular weight excluding hydrogens is 286 g/mol. The Morgan fingerprint density at radius 1 is 1.33 bits per heavy atom. The number of ether oxygens (including phenoxy) is 1. The van der Waals surface area contributed by atoms with Gasteiger partial charge in [0.25, 0.3) is 0 Å². The molecule has 0 atom stereocenters. The minimum atomic E-state index is -0.916. The third-order valence-electron chi connectivity index (χ3n) is 3.33. The monoisotopic (exact) mass is 305 g/mol. The van der Waals surface area contributed by atoms with Crippen LogP contribution < -0.4 is 4.74 Å². The fourth-order valence-electron chi connectivity index (χ4n) is 2.18. The number of carboxylic acids is 1. The molecule has 1 aromatic heterocycles. The molecule has 0 aliphatic rings. The quantitative estimate of drug-likeness (QED) is 0.851. The van der Waals surface area contributed by atoms with E-state index in [-0.39, 0.29) is 5.56 Å². The Morgan fingerprint density at radius 3 is 2.71 bits per heavy atom. The maximum atomic E-state index is 11.1. The molecule has 2 rings (SSSR count). The SMILES string of the molecule is CCN(Cc1cccs1)Cc1cc(C(=O)O)ccc1OC. The van der Waals surface area contributed by atoms with E-state index < -0.39 is 5.97 Å². The molecule has 5 heteroatoms. The zero-order valence-electron chi connectivity index (χ0n) is 12.2. The van der Waals surface area contributed by atoms with Gasteiger partial charge in [-0.3, -0.25) is 4.90 Å². The van der Waals surface area contributed by atoms with Gasteiger partial charge in [0.2, 0.25) is 0 Å². The highest BCUT2D eigenvalue weighted by molar-refractivity contribution is 7.09. The van der Waals surface area contributed by atoms with Crippen molar-refractivity contribution in [2.24, 2.45) is 0 Å². The van der Waals surface area contributed by atoms with Crippen LogP contribution >= 0.6 is 11.3 Å². The summed E-state index contributed by atoms with van der Waals surface area (Å²) in [7, 11) is 1.61. The summed E-state index contributed by atoms with van der Waals surface area (Å²) in [4.78, 5) is 14.7. The van der Waals surface area contributed by atoms with Gasteiger partial charge in [0.15, 0.2) is 0 Å². The highest BCUT2D eigenvalue weighted by Gasteiger charge is 2.12. The third-order valence-corrected chi connectivity index (χ3v) is 4.19. The van der Waals surface area contributed by atoms with Crippen molar-refractivity contribution in [3.8, 4) is 5.75 Å². The highest BCUT2D eigenvalue weighted by atomic mass is 32.1. The van der Waals surface area contributed by atoms with E-state index in [1.807, 2.05) is 6.07 Å². The molecule has 0 fully saturated rings. The minimum absolute atomic E-state index is 0.290. The lowest BCUT2D eigenvalue weighted by molar-refractivity contribution is 0.0696. The van der Waals surface area contributed by atoms with E-state index in [0.29, 0.717) is 6.54 Å². The van der Waals surface area contributed by atoms with Crippen LogP contribution in [0.2, 0.25) is 0 Å². The number of hydrogen-bond acceptors (Lipinski definition) is 4. The molecular formula is C16H19NO3S. The summed E-state index contributed by atoms with van der Waals surface area (Å²) < 4.78 is 5.34. The Morgan fingerprint density at radius 2 is 2.14 bits per heavy atom. The van der Waals surface area contributed by atoms with Crippen molar-refractivity contribution >= 4 is 17.3 Å². The number of methoxy groups -OCH3 is 1. The Labute approximate surface area is 128 Å². The van der Waals surface area contributed by atoms with Gasteiger partial charge in [0, 0.05) is 23.5 Å². The van der Waals surface area contributed by atoms with Crippen molar-refractivity contribution in [1.29, 1.82) is 0 Å². The highest BCUT2D eigenvalue weighted by Crippen LogP contribution is 2.23. The number of carbonyl (C=O) groups is 1. The van der Waals surface area contributed by atoms with Gasteiger partial charge < -0.3 is 9.84 Å². The summed E-state index contributed by atoms with van der Waals surface area (Å²) in [5, 5.41) is 11.2. The van der Waals surface area contributed by atoms with Crippen LogP contribution in [0.5, 0.6) is 5.75 Å². The summed E-state index contributed by atoms with van der Waals surface area (Å²) in [6.45, 7) is 4.51. The van der Waals surface area contributed by atoms with E-state index in [1.54, 1.807) is 36.6 Å². The molecule has 1 heterocycles. The smallest absolute Gasteiger partial charge is 0.335 e. The summed E-state index contributed by atoms with van der Waals surface area (Å²) in [6.07, 6.45) is 0. The molecule has 4 nitrogen and oxygen atoms in total. The average molecular weight is 305 g/mol. The van der Waals surface area contributed by atoms with Gasteiger partial charge in [0.05, 0.1) is 12.7 Å². The van der Waals surface area contributed by atoms with Crippen LogP contribution in [-0.2, 0) is 13.1 Å². The first-order valence-corrected chi connectivity index (χ1v) is 7.67. The van der Waals surface area contributed by atoms with Crippen LogP contribution in [0.15, 0.2) is 35.7 Å². The second-order valence-corrected chi connectivity index (χ2v) is 5.75. The lowest BCUT2D eigenvalue weighted by Gasteiger charge is -2.21. The first-order chi connectivity index (χ1) is 10.1. The molecule has 2 aromatic rings. The molecule has 0 saturated heterocycles. The molecule has 0 amide bonds. The van der Waals surface area contributed by atoms with E-state index in [4.69, 9.17) is 9.84 Å². The molecule has 0 unspecified atom stereocenters. The Bertz CT molecular complexity index is 596. The van der Waals surface area contributed by atoms with Crippen LogP contribution in [0, 0.1) is 0 Å². The topological polar surface area (TPSA) is 49.8 Å². The molecule has 0 saturated carbocycles. The summed E-state index contributed by atoms with van der Waals surface area (Å²) in [5.74, 6) is -0.190. The molecule has 112 valence electrons. The second-order valence-electron chi connectivity index (χ2n) is 4.71. The Balaban J connectivity index is 2.18. The van der Waals surface area contributed by atoms with Crippen LogP contribution in [0.3, 0.4) is 0 Å². The summed E-state index contributed by atoms with van der Waals surface area (Å²) >= 11 is 1.73. The fraction of sp³-hybridized carbons (Fsp3) is 0.312. The summed E-state index contributed by atoms with van der Waals surface area (Å²) in [6, 6.07) is 9.13. The van der Waals surface area contributed by atoms with Crippen molar-refractivity contribution in [3.63, 3.8) is 0 Å². The lowest BCUT2D eigenvalue weighted by Crippen LogP contribution is -2.22. The first kappa shape index (κ1) is 15.5. The van der Waals surface area contributed by atoms with Gasteiger partial charge in [0.1, 0.15) is 5.75 Å². The van der Waals surface area contributed by atoms with E-state index in [0.717, 1.165) is 24.4 Å². The van der Waals surface area contributed by atoms with Crippen LogP contribution in [0.1, 0.15) is 27.7 Å². The van der Waals surface area contributed by atoms with Crippen LogP contribution in [-0.4, -0.2) is 29.6 Å². The van der Waals surface area contributed by atoms with Crippen molar-refractivity contribution in [2.45, 2.75) is 20.0 Å². The van der Waals surface area contributed by atoms with E-state index in [1.165, 1.54) is 4.88 Å². The van der Waals surface area contributed by atoms with Crippen molar-refractivity contribution in [3.05, 3.63) is 51.7 Å². The number of thiophene rings is 1. The number of rotatable bonds is 7. The third kappa shape index (κ3) is 4.06. The molecule has 0 radical (unpaired) electrons. The normalized spacial score (nSPS) is 10.8. The molecule has 0 aliphatic heterocycles. The van der Waals surface area contributed by atoms with Gasteiger partial charge >= 0.3 is 5.97 Å². The summed E-state index contributed by atoms with van der Waals surface area (Å²) in [5.41, 5.74) is 1.19. The number of aromatic carboxylic acids is 1. The molecule has 0 spiro atoms. The number of carboxylic acid groups (broad SMARTS) is 1. The average Bonchev–Trinajstić information content (AvgIpc) is 2.99. The molecule has 0 aliphatic carbocycles. The molecule has 0 bridgehead atoms. The predicted molar refractivity (Wildman–Crippen MR) is 84.1 cm³/mol. The Kier molecular flexibility index (Phi) is 5.36. The number of benzene rings is 1. The maximum Gasteiger partial charge on any atom is 0.335 e. The maximum absolute atomic E-state index is 11.1. The van der Waals surface area contributed by atoms with Gasteiger partial charge in [-0.15, -0.1) is 11.3 Å². The minimum Gasteiger partial charge on any atom is -0.496 e. The van der Waals surface area contributed by atoms with Crippen molar-refractivity contribution < 1.29 is 14.6 Å². The van der Waals surface area contributed by atoms with Crippen LogP contribution in [0.4, 0.5) is 0 Å². The first-order valence-electron chi connectivity index (χ1n) is 6.79. The van der Waals surface area contributed by atoms with Gasteiger partial charge in [-0.1, -0.05) is 13.0 Å². The zero-order chi connectivity index (χ0) is 15.2. The van der Waals surface area contributed by atoms with E-state index >= 15 is 0 Å². The van der Waals surface area contributed by atoms with Crippen molar-refractivity contribution in [2.75, 3.05) is 13.7 Å². The van der Waals surface area contributed by atoms with E-state index in [2.05, 4.69) is 23.3 Å². The van der Waals surface area contributed by atoms with Gasteiger partial charge in [-0.05, 0) is 36.2 Å². The molecule has 21 heavy (non-hydrogen) atoms. The van der Waals surface area contributed by atoms with Crippen LogP contribution in [0.25, 0.3) is 0 Å².